The SMILES string of the molecule is C=CCC(CCC)OC(=O)c1c(O)cc(O)c(Cl)c1CC(/C=C/CCC)=N\OCC(=O)N1CCCCC1. The summed E-state index contributed by atoms with van der Waals surface area (Å²) in [5.74, 6) is -1.72. The zero-order chi connectivity index (χ0) is 27.2. The summed E-state index contributed by atoms with van der Waals surface area (Å²) in [7, 11) is 0. The van der Waals surface area contributed by atoms with E-state index in [0.717, 1.165) is 44.6 Å². The molecule has 204 valence electrons. The molecule has 1 aliphatic heterocycles. The second-order valence-corrected chi connectivity index (χ2v) is 9.47. The van der Waals surface area contributed by atoms with Gasteiger partial charge < -0.3 is 24.7 Å². The van der Waals surface area contributed by atoms with E-state index in [-0.39, 0.29) is 40.8 Å². The molecule has 1 saturated heterocycles. The molecule has 1 amide bonds. The molecule has 37 heavy (non-hydrogen) atoms. The fraction of sp³-hybridized carbons (Fsp3) is 0.536. The monoisotopic (exact) mass is 534 g/mol. The molecule has 0 aliphatic carbocycles. The summed E-state index contributed by atoms with van der Waals surface area (Å²) in [4.78, 5) is 32.7. The first-order chi connectivity index (χ1) is 17.8. The number of halogens is 1. The van der Waals surface area contributed by atoms with Crippen molar-refractivity contribution in [3.63, 3.8) is 0 Å². The van der Waals surface area contributed by atoms with Gasteiger partial charge in [0.05, 0.1) is 10.7 Å². The maximum atomic E-state index is 13.1. The topological polar surface area (TPSA) is 109 Å². The Morgan fingerprint density at radius 3 is 2.57 bits per heavy atom. The van der Waals surface area contributed by atoms with Crippen molar-refractivity contribution in [1.29, 1.82) is 0 Å². The number of aromatic hydroxyl groups is 2. The minimum absolute atomic E-state index is 0.0384. The lowest BCUT2D eigenvalue weighted by Crippen LogP contribution is -2.37. The summed E-state index contributed by atoms with van der Waals surface area (Å²) in [5, 5.41) is 24.9. The molecule has 0 bridgehead atoms. The Balaban J connectivity index is 2.32. The number of oxime groups is 1. The molecule has 1 aliphatic rings. The van der Waals surface area contributed by atoms with E-state index >= 15 is 0 Å². The van der Waals surface area contributed by atoms with Crippen LogP contribution in [-0.2, 0) is 20.8 Å². The molecule has 1 fully saturated rings. The van der Waals surface area contributed by atoms with Crippen LogP contribution in [0.2, 0.25) is 5.02 Å². The van der Waals surface area contributed by atoms with Gasteiger partial charge in [-0.25, -0.2) is 4.79 Å². The maximum absolute atomic E-state index is 13.1. The number of esters is 1. The van der Waals surface area contributed by atoms with Crippen molar-refractivity contribution < 1.29 is 29.4 Å². The molecular weight excluding hydrogens is 496 g/mol. The molecule has 1 unspecified atom stereocenters. The number of hydrogen-bond donors (Lipinski definition) is 2. The van der Waals surface area contributed by atoms with Crippen LogP contribution in [0.25, 0.3) is 0 Å². The highest BCUT2D eigenvalue weighted by Crippen LogP contribution is 2.37. The second-order valence-electron chi connectivity index (χ2n) is 9.09. The van der Waals surface area contributed by atoms with Gasteiger partial charge in [0, 0.05) is 32.0 Å². The molecule has 8 nitrogen and oxygen atoms in total. The van der Waals surface area contributed by atoms with Gasteiger partial charge in [-0.15, -0.1) is 6.58 Å². The van der Waals surface area contributed by atoms with Crippen molar-refractivity contribution in [2.45, 2.75) is 77.7 Å². The van der Waals surface area contributed by atoms with Crippen LogP contribution in [0.5, 0.6) is 11.5 Å². The predicted octanol–water partition coefficient (Wildman–Crippen LogP) is 5.94. The molecule has 1 atom stereocenters. The van der Waals surface area contributed by atoms with Crippen molar-refractivity contribution in [1.82, 2.24) is 4.90 Å². The third-order valence-electron chi connectivity index (χ3n) is 6.04. The summed E-state index contributed by atoms with van der Waals surface area (Å²) < 4.78 is 5.64. The van der Waals surface area contributed by atoms with E-state index in [1.54, 1.807) is 17.1 Å². The van der Waals surface area contributed by atoms with E-state index in [1.165, 1.54) is 0 Å². The molecule has 1 aromatic rings. The van der Waals surface area contributed by atoms with Gasteiger partial charge in [0.1, 0.15) is 23.2 Å². The Bertz CT molecular complexity index is 985. The highest BCUT2D eigenvalue weighted by Gasteiger charge is 2.26. The van der Waals surface area contributed by atoms with Crippen LogP contribution in [0.3, 0.4) is 0 Å². The fourth-order valence-electron chi connectivity index (χ4n) is 4.11. The number of carbonyl (C=O) groups excluding carboxylic acids is 2. The van der Waals surface area contributed by atoms with Crippen molar-refractivity contribution in [2.75, 3.05) is 19.7 Å². The summed E-state index contributed by atoms with van der Waals surface area (Å²) in [5.41, 5.74) is 0.384. The number of unbranched alkanes of at least 4 members (excludes halogenated alkanes) is 1. The third kappa shape index (κ3) is 9.43. The minimum atomic E-state index is -0.757. The normalized spacial score (nSPS) is 15.0. The number of hydrogen-bond acceptors (Lipinski definition) is 7. The lowest BCUT2D eigenvalue weighted by molar-refractivity contribution is -0.137. The number of nitrogens with zero attached hydrogens (tertiary/aromatic N) is 2. The van der Waals surface area contributed by atoms with Gasteiger partial charge in [-0.05, 0) is 43.7 Å². The molecule has 0 radical (unpaired) electrons. The van der Waals surface area contributed by atoms with E-state index in [0.29, 0.717) is 31.6 Å². The Morgan fingerprint density at radius 1 is 1.19 bits per heavy atom. The fourth-order valence-corrected chi connectivity index (χ4v) is 4.33. The van der Waals surface area contributed by atoms with Gasteiger partial charge in [-0.1, -0.05) is 55.6 Å². The number of benzene rings is 1. The van der Waals surface area contributed by atoms with Crippen molar-refractivity contribution in [3.8, 4) is 11.5 Å². The Morgan fingerprint density at radius 2 is 1.92 bits per heavy atom. The highest BCUT2D eigenvalue weighted by atomic mass is 35.5. The van der Waals surface area contributed by atoms with Crippen molar-refractivity contribution in [2.24, 2.45) is 5.16 Å². The van der Waals surface area contributed by atoms with Crippen LogP contribution in [0.15, 0.2) is 36.0 Å². The summed E-state index contributed by atoms with van der Waals surface area (Å²) in [6.07, 6.45) is 11.5. The van der Waals surface area contributed by atoms with Gasteiger partial charge in [0.25, 0.3) is 5.91 Å². The molecule has 0 aromatic heterocycles. The molecular formula is C28H39ClN2O6. The standard InChI is InChI=1S/C28H39ClN2O6/c1-4-7-9-14-20(30-36-19-25(34)31-15-10-8-11-16-31)17-22-26(23(32)18-24(33)27(22)29)28(35)37-21(12-5-2)13-6-3/h5,9,14,18,21,32-33H,2,4,6-8,10-13,15-17,19H2,1,3H3/b14-9+,30-20-. The van der Waals surface area contributed by atoms with E-state index < -0.39 is 17.8 Å². The largest absolute Gasteiger partial charge is 0.507 e. The lowest BCUT2D eigenvalue weighted by atomic mass is 9.99. The van der Waals surface area contributed by atoms with Crippen molar-refractivity contribution in [3.05, 3.63) is 47.0 Å². The van der Waals surface area contributed by atoms with E-state index in [9.17, 15) is 19.8 Å². The summed E-state index contributed by atoms with van der Waals surface area (Å²) in [6.45, 7) is 8.93. The van der Waals surface area contributed by atoms with Crippen LogP contribution in [-0.4, -0.2) is 58.5 Å². The number of likely N-dealkylation sites (tertiary alicyclic amines) is 1. The molecule has 2 N–H and O–H groups in total. The quantitative estimate of drug-likeness (QED) is 0.132. The van der Waals surface area contributed by atoms with Gasteiger partial charge in [0.2, 0.25) is 0 Å². The van der Waals surface area contributed by atoms with E-state index in [2.05, 4.69) is 11.7 Å². The van der Waals surface area contributed by atoms with Crippen LogP contribution in [0.1, 0.15) is 81.1 Å². The molecule has 0 saturated carbocycles. The minimum Gasteiger partial charge on any atom is -0.507 e. The Kier molecular flexibility index (Phi) is 13.0. The number of rotatable bonds is 14. The van der Waals surface area contributed by atoms with Crippen LogP contribution in [0.4, 0.5) is 0 Å². The lowest BCUT2D eigenvalue weighted by Gasteiger charge is -2.26. The summed E-state index contributed by atoms with van der Waals surface area (Å²) in [6, 6.07) is 1.02. The van der Waals surface area contributed by atoms with Crippen LogP contribution < -0.4 is 0 Å². The van der Waals surface area contributed by atoms with Crippen molar-refractivity contribution >= 4 is 29.2 Å². The number of amides is 1. The first-order valence-electron chi connectivity index (χ1n) is 13.0. The second kappa shape index (κ2) is 16.0. The van der Waals surface area contributed by atoms with E-state index in [1.807, 2.05) is 19.9 Å². The average Bonchev–Trinajstić information content (AvgIpc) is 2.87. The average molecular weight is 535 g/mol. The maximum Gasteiger partial charge on any atom is 0.342 e. The number of ether oxygens (including phenoxy) is 1. The number of allylic oxidation sites excluding steroid dienone is 2. The third-order valence-corrected chi connectivity index (χ3v) is 6.46. The van der Waals surface area contributed by atoms with Crippen LogP contribution >= 0.6 is 11.6 Å². The molecule has 1 aromatic carbocycles. The molecule has 1 heterocycles. The zero-order valence-corrected chi connectivity index (χ0v) is 22.6. The van der Waals surface area contributed by atoms with Crippen LogP contribution in [0, 0.1) is 0 Å². The molecule has 2 rings (SSSR count). The number of piperidine rings is 1. The van der Waals surface area contributed by atoms with Gasteiger partial charge in [-0.2, -0.15) is 0 Å². The number of carbonyl (C=O) groups is 2. The van der Waals surface area contributed by atoms with Gasteiger partial charge in [0.15, 0.2) is 6.61 Å². The first-order valence-corrected chi connectivity index (χ1v) is 13.4. The van der Waals surface area contributed by atoms with Gasteiger partial charge in [-0.3, -0.25) is 4.79 Å². The van der Waals surface area contributed by atoms with E-state index in [4.69, 9.17) is 21.2 Å². The number of phenols is 2. The Hall–Kier alpha value is -3.00. The predicted molar refractivity (Wildman–Crippen MR) is 145 cm³/mol. The molecule has 0 spiro atoms. The zero-order valence-electron chi connectivity index (χ0n) is 21.9. The first kappa shape index (κ1) is 30.2. The Labute approximate surface area is 224 Å². The number of phenolic OH excluding ortho intramolecular Hbond substituents is 2. The molecule has 9 heteroatoms. The highest BCUT2D eigenvalue weighted by molar-refractivity contribution is 6.33. The van der Waals surface area contributed by atoms with Gasteiger partial charge >= 0.3 is 5.97 Å². The summed E-state index contributed by atoms with van der Waals surface area (Å²) >= 11 is 6.40. The smallest absolute Gasteiger partial charge is 0.342 e.